The molecular formula is C22H24N4O3. The number of aromatic nitrogens is 2. The lowest BCUT2D eigenvalue weighted by Gasteiger charge is -2.29. The van der Waals surface area contributed by atoms with E-state index in [9.17, 15) is 4.79 Å². The lowest BCUT2D eigenvalue weighted by molar-refractivity contribution is -0.120. The molecule has 3 aromatic rings. The van der Waals surface area contributed by atoms with Crippen molar-refractivity contribution in [3.63, 3.8) is 0 Å². The molecule has 2 aromatic carbocycles. The summed E-state index contributed by atoms with van der Waals surface area (Å²) in [5.74, 6) is 1.30. The first-order valence-corrected chi connectivity index (χ1v) is 9.73. The van der Waals surface area contributed by atoms with Gasteiger partial charge in [0, 0.05) is 36.3 Å². The van der Waals surface area contributed by atoms with E-state index in [-0.39, 0.29) is 11.8 Å². The highest BCUT2D eigenvalue weighted by Crippen LogP contribution is 2.27. The Balaban J connectivity index is 1.36. The normalized spacial score (nSPS) is 14.6. The predicted molar refractivity (Wildman–Crippen MR) is 111 cm³/mol. The van der Waals surface area contributed by atoms with Crippen LogP contribution >= 0.6 is 0 Å². The van der Waals surface area contributed by atoms with Crippen molar-refractivity contribution in [1.29, 1.82) is 0 Å². The van der Waals surface area contributed by atoms with Crippen LogP contribution in [0.5, 0.6) is 5.75 Å². The maximum atomic E-state index is 12.6. The molecule has 1 fully saturated rings. The number of nitrogens with one attached hydrogen (secondary N) is 1. The minimum atomic E-state index is -0.0452. The van der Waals surface area contributed by atoms with Gasteiger partial charge in [-0.15, -0.1) is 0 Å². The Hall–Kier alpha value is -3.35. The summed E-state index contributed by atoms with van der Waals surface area (Å²) in [4.78, 5) is 19.2. The Morgan fingerprint density at radius 1 is 1.17 bits per heavy atom. The lowest BCUT2D eigenvalue weighted by Crippen LogP contribution is -2.38. The maximum absolute atomic E-state index is 12.6. The van der Waals surface area contributed by atoms with Gasteiger partial charge in [-0.2, -0.15) is 4.98 Å². The molecule has 0 spiro atoms. The first-order valence-electron chi connectivity index (χ1n) is 9.73. The Kier molecular flexibility index (Phi) is 5.46. The summed E-state index contributed by atoms with van der Waals surface area (Å²) < 4.78 is 10.7. The molecule has 150 valence electrons. The third kappa shape index (κ3) is 4.23. The molecule has 0 unspecified atom stereocenters. The van der Waals surface area contributed by atoms with E-state index in [1.807, 2.05) is 60.4 Å². The van der Waals surface area contributed by atoms with Gasteiger partial charge in [0.1, 0.15) is 5.75 Å². The zero-order chi connectivity index (χ0) is 20.2. The number of anilines is 2. The Bertz CT molecular complexity index is 993. The average molecular weight is 392 g/mol. The molecule has 1 aliphatic rings. The molecule has 1 N–H and O–H groups in total. The third-order valence-electron chi connectivity index (χ3n) is 5.27. The van der Waals surface area contributed by atoms with Gasteiger partial charge in [-0.05, 0) is 37.5 Å². The van der Waals surface area contributed by atoms with E-state index in [2.05, 4.69) is 15.5 Å². The molecule has 0 radical (unpaired) electrons. The molecule has 0 aliphatic carbocycles. The van der Waals surface area contributed by atoms with Gasteiger partial charge < -0.3 is 19.5 Å². The zero-order valence-corrected chi connectivity index (χ0v) is 16.6. The molecular weight excluding hydrogens is 368 g/mol. The Morgan fingerprint density at radius 3 is 2.72 bits per heavy atom. The number of rotatable bonds is 5. The maximum Gasteiger partial charge on any atom is 0.324 e. The highest BCUT2D eigenvalue weighted by atomic mass is 16.5. The van der Waals surface area contributed by atoms with Gasteiger partial charge in [-0.25, -0.2) is 0 Å². The highest BCUT2D eigenvalue weighted by Gasteiger charge is 2.27. The van der Waals surface area contributed by atoms with Gasteiger partial charge >= 0.3 is 6.01 Å². The standard InChI is InChI=1S/C22H24N4O3/c1-15-6-3-4-9-19(15)20-24-22(29-25-20)26-12-10-16(11-13-26)21(27)23-17-7-5-8-18(14-17)28-2/h3-9,14,16H,10-13H2,1-2H3,(H,23,27). The monoisotopic (exact) mass is 392 g/mol. The van der Waals surface area contributed by atoms with Crippen LogP contribution in [0, 0.1) is 12.8 Å². The number of benzene rings is 2. The minimum absolute atomic E-state index is 0.0315. The fourth-order valence-electron chi connectivity index (χ4n) is 3.56. The molecule has 1 aromatic heterocycles. The topological polar surface area (TPSA) is 80.5 Å². The number of methoxy groups -OCH3 is 1. The molecule has 7 nitrogen and oxygen atoms in total. The molecule has 0 saturated carbocycles. The van der Waals surface area contributed by atoms with Crippen LogP contribution in [-0.4, -0.2) is 36.2 Å². The molecule has 1 saturated heterocycles. The number of carbonyl (C=O) groups excluding carboxylic acids is 1. The van der Waals surface area contributed by atoms with Gasteiger partial charge in [0.25, 0.3) is 0 Å². The molecule has 1 aliphatic heterocycles. The van der Waals surface area contributed by atoms with Crippen LogP contribution in [0.15, 0.2) is 53.1 Å². The van der Waals surface area contributed by atoms with E-state index in [1.165, 1.54) is 0 Å². The van der Waals surface area contributed by atoms with Crippen LogP contribution in [0.3, 0.4) is 0 Å². The first-order chi connectivity index (χ1) is 14.1. The fourth-order valence-corrected chi connectivity index (χ4v) is 3.56. The number of hydrogen-bond acceptors (Lipinski definition) is 6. The van der Waals surface area contributed by atoms with Crippen LogP contribution in [0.2, 0.25) is 0 Å². The van der Waals surface area contributed by atoms with Crippen molar-refractivity contribution in [2.75, 3.05) is 30.4 Å². The van der Waals surface area contributed by atoms with Gasteiger partial charge in [0.15, 0.2) is 0 Å². The highest BCUT2D eigenvalue weighted by molar-refractivity contribution is 5.92. The van der Waals surface area contributed by atoms with Gasteiger partial charge in [0.2, 0.25) is 11.7 Å². The summed E-state index contributed by atoms with van der Waals surface area (Å²) in [5.41, 5.74) is 2.82. The summed E-state index contributed by atoms with van der Waals surface area (Å²) >= 11 is 0. The molecule has 29 heavy (non-hydrogen) atoms. The largest absolute Gasteiger partial charge is 0.497 e. The number of aryl methyl sites for hydroxylation is 1. The van der Waals surface area contributed by atoms with Crippen molar-refractivity contribution in [3.05, 3.63) is 54.1 Å². The third-order valence-corrected chi connectivity index (χ3v) is 5.27. The molecule has 7 heteroatoms. The summed E-state index contributed by atoms with van der Waals surface area (Å²) in [6.45, 7) is 3.43. The first kappa shape index (κ1) is 19.0. The van der Waals surface area contributed by atoms with E-state index < -0.39 is 0 Å². The van der Waals surface area contributed by atoms with Crippen LogP contribution in [0.4, 0.5) is 11.7 Å². The van der Waals surface area contributed by atoms with E-state index in [0.29, 0.717) is 24.9 Å². The molecule has 0 atom stereocenters. The van der Waals surface area contributed by atoms with Crippen LogP contribution in [-0.2, 0) is 4.79 Å². The van der Waals surface area contributed by atoms with E-state index in [4.69, 9.17) is 9.26 Å². The van der Waals surface area contributed by atoms with E-state index in [1.54, 1.807) is 7.11 Å². The second-order valence-corrected chi connectivity index (χ2v) is 7.20. The molecule has 1 amide bonds. The smallest absolute Gasteiger partial charge is 0.324 e. The fraction of sp³-hybridized carbons (Fsp3) is 0.318. The molecule has 0 bridgehead atoms. The van der Waals surface area contributed by atoms with Crippen LogP contribution < -0.4 is 15.0 Å². The second-order valence-electron chi connectivity index (χ2n) is 7.20. The van der Waals surface area contributed by atoms with E-state index >= 15 is 0 Å². The van der Waals surface area contributed by atoms with Crippen molar-refractivity contribution in [2.45, 2.75) is 19.8 Å². The van der Waals surface area contributed by atoms with Crippen LogP contribution in [0.1, 0.15) is 18.4 Å². The summed E-state index contributed by atoms with van der Waals surface area (Å²) in [5, 5.41) is 7.11. The van der Waals surface area contributed by atoms with Crippen molar-refractivity contribution in [1.82, 2.24) is 10.1 Å². The Labute approximate surface area is 169 Å². The number of hydrogen-bond donors (Lipinski definition) is 1. The van der Waals surface area contributed by atoms with Crippen molar-refractivity contribution < 1.29 is 14.1 Å². The number of nitrogens with zero attached hydrogens (tertiary/aromatic N) is 3. The van der Waals surface area contributed by atoms with Crippen LogP contribution in [0.25, 0.3) is 11.4 Å². The van der Waals surface area contributed by atoms with Crippen molar-refractivity contribution in [3.8, 4) is 17.1 Å². The lowest BCUT2D eigenvalue weighted by atomic mass is 9.96. The number of amides is 1. The molecule has 2 heterocycles. The predicted octanol–water partition coefficient (Wildman–Crippen LogP) is 3.91. The Morgan fingerprint density at radius 2 is 1.97 bits per heavy atom. The average Bonchev–Trinajstić information content (AvgIpc) is 3.24. The summed E-state index contributed by atoms with van der Waals surface area (Å²) in [7, 11) is 1.61. The second kappa shape index (κ2) is 8.34. The van der Waals surface area contributed by atoms with Gasteiger partial charge in [0.05, 0.1) is 7.11 Å². The molecule has 4 rings (SSSR count). The van der Waals surface area contributed by atoms with Gasteiger partial charge in [-0.1, -0.05) is 35.5 Å². The quantitative estimate of drug-likeness (QED) is 0.709. The van der Waals surface area contributed by atoms with Crippen molar-refractivity contribution in [2.24, 2.45) is 5.92 Å². The van der Waals surface area contributed by atoms with Crippen molar-refractivity contribution >= 4 is 17.6 Å². The summed E-state index contributed by atoms with van der Waals surface area (Å²) in [6, 6.07) is 15.9. The minimum Gasteiger partial charge on any atom is -0.497 e. The van der Waals surface area contributed by atoms with Gasteiger partial charge in [-0.3, -0.25) is 4.79 Å². The number of carbonyl (C=O) groups is 1. The summed E-state index contributed by atoms with van der Waals surface area (Å²) in [6.07, 6.45) is 1.47. The van der Waals surface area contributed by atoms with E-state index in [0.717, 1.165) is 35.4 Å². The zero-order valence-electron chi connectivity index (χ0n) is 16.6. The SMILES string of the molecule is COc1cccc(NC(=O)C2CCN(c3nc(-c4ccccc4C)no3)CC2)c1. The number of ether oxygens (including phenoxy) is 1. The number of piperidine rings is 1.